The number of pyridine rings is 1. The summed E-state index contributed by atoms with van der Waals surface area (Å²) in [4.78, 5) is 6.29. The largest absolute Gasteiger partial charge is 0.379 e. The lowest BCUT2D eigenvalue weighted by atomic mass is 9.82. The van der Waals surface area contributed by atoms with E-state index in [1.165, 1.54) is 6.20 Å². The number of nitrogens with one attached hydrogen (secondary N) is 1. The zero-order valence-corrected chi connectivity index (χ0v) is 13.2. The average Bonchev–Trinajstić information content (AvgIpc) is 2.53. The first-order chi connectivity index (χ1) is 10.1. The second-order valence-corrected chi connectivity index (χ2v) is 5.70. The first-order valence-corrected chi connectivity index (χ1v) is 7.79. The molecule has 1 aromatic rings. The quantitative estimate of drug-likeness (QED) is 0.874. The summed E-state index contributed by atoms with van der Waals surface area (Å²) in [5, 5.41) is 3.48. The fraction of sp³-hybridized carbons (Fsp3) is 0.688. The van der Waals surface area contributed by atoms with E-state index in [1.807, 2.05) is 0 Å². The van der Waals surface area contributed by atoms with Crippen LogP contribution in [0, 0.1) is 5.82 Å². The maximum atomic E-state index is 14.3. The van der Waals surface area contributed by atoms with Gasteiger partial charge >= 0.3 is 0 Å². The topological polar surface area (TPSA) is 37.4 Å². The second-order valence-electron chi connectivity index (χ2n) is 5.70. The molecule has 1 aromatic heterocycles. The lowest BCUT2D eigenvalue weighted by Gasteiger charge is -2.48. The Morgan fingerprint density at radius 1 is 1.43 bits per heavy atom. The van der Waals surface area contributed by atoms with E-state index in [4.69, 9.17) is 4.74 Å². The molecule has 0 radical (unpaired) electrons. The van der Waals surface area contributed by atoms with Crippen molar-refractivity contribution in [2.45, 2.75) is 38.8 Å². The minimum absolute atomic E-state index is 0.0615. The molecule has 0 saturated carbocycles. The van der Waals surface area contributed by atoms with Crippen molar-refractivity contribution >= 4 is 0 Å². The molecular weight excluding hydrogens is 269 g/mol. The Balaban J connectivity index is 2.35. The molecule has 1 fully saturated rings. The SMILES string of the molecule is CCNC(c1ccncc1F)C(C)(CC)N1CCOCC1. The van der Waals surface area contributed by atoms with Gasteiger partial charge in [-0.1, -0.05) is 13.8 Å². The van der Waals surface area contributed by atoms with Gasteiger partial charge in [-0.15, -0.1) is 0 Å². The van der Waals surface area contributed by atoms with Crippen molar-refractivity contribution in [1.29, 1.82) is 0 Å². The molecule has 21 heavy (non-hydrogen) atoms. The molecule has 1 N–H and O–H groups in total. The highest BCUT2D eigenvalue weighted by Gasteiger charge is 2.40. The molecule has 2 rings (SSSR count). The number of hydrogen-bond donors (Lipinski definition) is 1. The van der Waals surface area contributed by atoms with E-state index in [9.17, 15) is 4.39 Å². The van der Waals surface area contributed by atoms with Crippen molar-refractivity contribution in [2.24, 2.45) is 0 Å². The van der Waals surface area contributed by atoms with Crippen molar-refractivity contribution in [2.75, 3.05) is 32.8 Å². The molecule has 0 aromatic carbocycles. The first-order valence-electron chi connectivity index (χ1n) is 7.79. The third-order valence-electron chi connectivity index (χ3n) is 4.59. The van der Waals surface area contributed by atoms with Gasteiger partial charge in [0.15, 0.2) is 0 Å². The van der Waals surface area contributed by atoms with Gasteiger partial charge in [0.05, 0.1) is 25.5 Å². The van der Waals surface area contributed by atoms with Crippen LogP contribution in [-0.2, 0) is 4.74 Å². The molecule has 2 unspecified atom stereocenters. The van der Waals surface area contributed by atoms with Crippen LogP contribution in [0.1, 0.15) is 38.8 Å². The van der Waals surface area contributed by atoms with E-state index >= 15 is 0 Å². The fourth-order valence-corrected chi connectivity index (χ4v) is 3.17. The van der Waals surface area contributed by atoms with Gasteiger partial charge < -0.3 is 10.1 Å². The van der Waals surface area contributed by atoms with Crippen LogP contribution in [0.5, 0.6) is 0 Å². The number of morpholine rings is 1. The van der Waals surface area contributed by atoms with E-state index < -0.39 is 0 Å². The Kier molecular flexibility index (Phi) is 5.67. The zero-order chi connectivity index (χ0) is 15.3. The minimum atomic E-state index is -0.239. The van der Waals surface area contributed by atoms with Crippen LogP contribution in [0.25, 0.3) is 0 Å². The normalized spacial score (nSPS) is 21.0. The van der Waals surface area contributed by atoms with E-state index in [0.717, 1.165) is 39.3 Å². The molecule has 118 valence electrons. The maximum Gasteiger partial charge on any atom is 0.146 e. The van der Waals surface area contributed by atoms with E-state index in [0.29, 0.717) is 5.56 Å². The molecule has 1 aliphatic heterocycles. The highest BCUT2D eigenvalue weighted by molar-refractivity contribution is 5.22. The minimum Gasteiger partial charge on any atom is -0.379 e. The van der Waals surface area contributed by atoms with Gasteiger partial charge in [-0.25, -0.2) is 4.39 Å². The molecule has 0 bridgehead atoms. The van der Waals surface area contributed by atoms with Crippen molar-refractivity contribution in [3.63, 3.8) is 0 Å². The predicted molar refractivity (Wildman–Crippen MR) is 81.7 cm³/mol. The highest BCUT2D eigenvalue weighted by Crippen LogP contribution is 2.35. The van der Waals surface area contributed by atoms with Gasteiger partial charge in [0.2, 0.25) is 0 Å². The third-order valence-corrected chi connectivity index (χ3v) is 4.59. The average molecular weight is 295 g/mol. The van der Waals surface area contributed by atoms with Crippen molar-refractivity contribution in [3.05, 3.63) is 29.8 Å². The number of ether oxygens (including phenoxy) is 1. The number of aromatic nitrogens is 1. The van der Waals surface area contributed by atoms with E-state index in [1.54, 1.807) is 12.3 Å². The predicted octanol–water partition coefficient (Wildman–Crippen LogP) is 2.37. The number of hydrogen-bond acceptors (Lipinski definition) is 4. The van der Waals surface area contributed by atoms with Gasteiger partial charge in [-0.05, 0) is 26.0 Å². The molecule has 2 heterocycles. The van der Waals surface area contributed by atoms with Crippen molar-refractivity contribution in [3.8, 4) is 0 Å². The molecule has 2 atom stereocenters. The molecule has 0 aliphatic carbocycles. The Bertz CT molecular complexity index is 451. The summed E-state index contributed by atoms with van der Waals surface area (Å²) in [5.41, 5.74) is 0.546. The van der Waals surface area contributed by atoms with E-state index in [-0.39, 0.29) is 17.4 Å². The fourth-order valence-electron chi connectivity index (χ4n) is 3.17. The zero-order valence-electron chi connectivity index (χ0n) is 13.2. The van der Waals surface area contributed by atoms with Crippen LogP contribution >= 0.6 is 0 Å². The summed E-state index contributed by atoms with van der Waals surface area (Å²) in [6.07, 6.45) is 3.90. The molecule has 0 amide bonds. The summed E-state index contributed by atoms with van der Waals surface area (Å²) >= 11 is 0. The van der Waals surface area contributed by atoms with Gasteiger partial charge in [-0.3, -0.25) is 9.88 Å². The van der Waals surface area contributed by atoms with Crippen LogP contribution < -0.4 is 5.32 Å². The van der Waals surface area contributed by atoms with Gasteiger partial charge in [0, 0.05) is 30.4 Å². The number of nitrogens with zero attached hydrogens (tertiary/aromatic N) is 2. The Labute approximate surface area is 126 Å². The van der Waals surface area contributed by atoms with Crippen LogP contribution in [-0.4, -0.2) is 48.3 Å². The number of likely N-dealkylation sites (N-methyl/N-ethyl adjacent to an activating group) is 1. The van der Waals surface area contributed by atoms with Crippen LogP contribution in [0.4, 0.5) is 4.39 Å². The summed E-state index contributed by atoms with van der Waals surface area (Å²) in [5.74, 6) is -0.239. The third kappa shape index (κ3) is 3.42. The van der Waals surface area contributed by atoms with Crippen molar-refractivity contribution < 1.29 is 9.13 Å². The van der Waals surface area contributed by atoms with E-state index in [2.05, 4.69) is 36.0 Å². The molecule has 1 saturated heterocycles. The van der Waals surface area contributed by atoms with Gasteiger partial charge in [0.1, 0.15) is 5.82 Å². The lowest BCUT2D eigenvalue weighted by molar-refractivity contribution is -0.0331. The molecule has 5 heteroatoms. The monoisotopic (exact) mass is 295 g/mol. The van der Waals surface area contributed by atoms with Crippen molar-refractivity contribution in [1.82, 2.24) is 15.2 Å². The summed E-state index contributed by atoms with van der Waals surface area (Å²) < 4.78 is 19.7. The first kappa shape index (κ1) is 16.3. The van der Waals surface area contributed by atoms with Crippen LogP contribution in [0.3, 0.4) is 0 Å². The second kappa shape index (κ2) is 7.29. The summed E-state index contributed by atoms with van der Waals surface area (Å²) in [7, 11) is 0. The molecule has 4 nitrogen and oxygen atoms in total. The smallest absolute Gasteiger partial charge is 0.146 e. The standard InChI is InChI=1S/C16H26FN3O/c1-4-16(3,20-8-10-21-11-9-20)15(19-5-2)13-6-7-18-12-14(13)17/h6-7,12,15,19H,4-5,8-11H2,1-3H3. The van der Waals surface area contributed by atoms with Crippen LogP contribution in [0.2, 0.25) is 0 Å². The highest BCUT2D eigenvalue weighted by atomic mass is 19.1. The number of rotatable bonds is 6. The summed E-state index contributed by atoms with van der Waals surface area (Å²) in [6.45, 7) is 10.5. The maximum absolute atomic E-state index is 14.3. The molecule has 1 aliphatic rings. The Morgan fingerprint density at radius 2 is 2.14 bits per heavy atom. The number of halogens is 1. The Hall–Kier alpha value is -1.04. The Morgan fingerprint density at radius 3 is 2.71 bits per heavy atom. The summed E-state index contributed by atoms with van der Waals surface area (Å²) in [6, 6.07) is 1.73. The molecule has 0 spiro atoms. The molecular formula is C16H26FN3O. The van der Waals surface area contributed by atoms with Crippen LogP contribution in [0.15, 0.2) is 18.5 Å². The lowest BCUT2D eigenvalue weighted by Crippen LogP contribution is -2.57. The van der Waals surface area contributed by atoms with Gasteiger partial charge in [0.25, 0.3) is 0 Å². The van der Waals surface area contributed by atoms with Gasteiger partial charge in [-0.2, -0.15) is 0 Å².